The topological polar surface area (TPSA) is 131 Å². The molecule has 0 aliphatic heterocycles. The predicted molar refractivity (Wildman–Crippen MR) is 165 cm³/mol. The molecule has 3 N–H and O–H groups in total. The molecule has 41 heavy (non-hydrogen) atoms. The zero-order chi connectivity index (χ0) is 30.4. The third-order valence-electron chi connectivity index (χ3n) is 6.67. The first-order valence-electron chi connectivity index (χ1n) is 16.2. The average molecular weight is 606 g/mol. The fraction of sp³-hybridized carbons (Fsp3) is 0.871. The van der Waals surface area contributed by atoms with Gasteiger partial charge >= 0.3 is 13.8 Å². The summed E-state index contributed by atoms with van der Waals surface area (Å²) < 4.78 is 26.1. The summed E-state index contributed by atoms with van der Waals surface area (Å²) >= 11 is 0. The molecule has 0 fully saturated rings. The van der Waals surface area contributed by atoms with Crippen molar-refractivity contribution in [2.24, 2.45) is 0 Å². The summed E-state index contributed by atoms with van der Waals surface area (Å²) in [5.41, 5.74) is 0. The standard InChI is InChI=1S/C31H60NO8P/c1-3-5-6-7-8-9-10-11-12-13-14-15-16-17-18-19-20-21-22-24-30(34)32-25-26-39-41(36,37)40-28-29(33)27-38-31(35)23-4-2/h11-12,29,33H,3-10,13-28H2,1-2H3,(H,32,34)(H,36,37)/b12-11+. The molecule has 10 heteroatoms. The number of rotatable bonds is 30. The zero-order valence-corrected chi connectivity index (χ0v) is 26.9. The van der Waals surface area contributed by atoms with Crippen molar-refractivity contribution in [1.82, 2.24) is 5.32 Å². The molecule has 0 radical (unpaired) electrons. The average Bonchev–Trinajstić information content (AvgIpc) is 2.94. The van der Waals surface area contributed by atoms with Gasteiger partial charge in [0.05, 0.1) is 13.2 Å². The summed E-state index contributed by atoms with van der Waals surface area (Å²) in [5, 5.41) is 12.3. The summed E-state index contributed by atoms with van der Waals surface area (Å²) in [4.78, 5) is 32.8. The van der Waals surface area contributed by atoms with Gasteiger partial charge in [-0.1, -0.05) is 103 Å². The number of amides is 1. The fourth-order valence-electron chi connectivity index (χ4n) is 4.23. The van der Waals surface area contributed by atoms with Gasteiger partial charge in [-0.3, -0.25) is 18.6 Å². The first kappa shape index (κ1) is 39.8. The Morgan fingerprint density at radius 1 is 0.732 bits per heavy atom. The van der Waals surface area contributed by atoms with Gasteiger partial charge in [0.15, 0.2) is 0 Å². The molecule has 0 rings (SSSR count). The Kier molecular flexibility index (Phi) is 28.0. The summed E-state index contributed by atoms with van der Waals surface area (Å²) in [6.07, 6.45) is 26.0. The van der Waals surface area contributed by atoms with Gasteiger partial charge in [0.1, 0.15) is 12.7 Å². The summed E-state index contributed by atoms with van der Waals surface area (Å²) in [6.45, 7) is 3.12. The minimum Gasteiger partial charge on any atom is -0.463 e. The maximum absolute atomic E-state index is 11.9. The summed E-state index contributed by atoms with van der Waals surface area (Å²) in [5.74, 6) is -0.572. The first-order valence-corrected chi connectivity index (χ1v) is 17.7. The van der Waals surface area contributed by atoms with Crippen LogP contribution in [-0.2, 0) is 27.9 Å². The van der Waals surface area contributed by atoms with Gasteiger partial charge in [0.2, 0.25) is 5.91 Å². The van der Waals surface area contributed by atoms with E-state index in [9.17, 15) is 24.2 Å². The number of aliphatic hydroxyl groups excluding tert-OH is 1. The van der Waals surface area contributed by atoms with E-state index in [1.807, 2.05) is 6.92 Å². The first-order chi connectivity index (χ1) is 19.8. The third kappa shape index (κ3) is 30.0. The molecular formula is C31H60NO8P. The number of ether oxygens (including phenoxy) is 1. The molecule has 2 unspecified atom stereocenters. The lowest BCUT2D eigenvalue weighted by Crippen LogP contribution is -2.27. The quantitative estimate of drug-likeness (QED) is 0.0331. The molecule has 0 saturated heterocycles. The predicted octanol–water partition coefficient (Wildman–Crippen LogP) is 7.54. The van der Waals surface area contributed by atoms with E-state index < -0.39 is 26.5 Å². The van der Waals surface area contributed by atoms with Crippen molar-refractivity contribution >= 4 is 19.7 Å². The maximum atomic E-state index is 11.9. The van der Waals surface area contributed by atoms with Crippen LogP contribution in [0.25, 0.3) is 0 Å². The maximum Gasteiger partial charge on any atom is 0.472 e. The highest BCUT2D eigenvalue weighted by molar-refractivity contribution is 7.47. The van der Waals surface area contributed by atoms with Crippen LogP contribution in [-0.4, -0.2) is 54.3 Å². The Morgan fingerprint density at radius 3 is 1.83 bits per heavy atom. The van der Waals surface area contributed by atoms with Crippen molar-refractivity contribution in [2.45, 2.75) is 148 Å². The minimum absolute atomic E-state index is 0.0822. The number of phosphoric ester groups is 1. The molecule has 0 bridgehead atoms. The van der Waals surface area contributed by atoms with Crippen LogP contribution < -0.4 is 5.32 Å². The van der Waals surface area contributed by atoms with Crippen LogP contribution in [0.2, 0.25) is 0 Å². The number of hydrogen-bond acceptors (Lipinski definition) is 7. The molecule has 0 aliphatic rings. The molecule has 9 nitrogen and oxygen atoms in total. The monoisotopic (exact) mass is 605 g/mol. The molecule has 2 atom stereocenters. The van der Waals surface area contributed by atoms with Crippen molar-refractivity contribution in [3.63, 3.8) is 0 Å². The largest absolute Gasteiger partial charge is 0.472 e. The molecule has 0 aliphatic carbocycles. The molecule has 242 valence electrons. The van der Waals surface area contributed by atoms with Gasteiger partial charge < -0.3 is 20.1 Å². The second-order valence-electron chi connectivity index (χ2n) is 10.8. The zero-order valence-electron chi connectivity index (χ0n) is 26.0. The number of carbonyl (C=O) groups excluding carboxylic acids is 2. The molecule has 0 aromatic heterocycles. The Morgan fingerprint density at radius 2 is 1.27 bits per heavy atom. The Bertz CT molecular complexity index is 704. The lowest BCUT2D eigenvalue weighted by Gasteiger charge is -2.15. The SMILES string of the molecule is CCCCCCCC/C=C/CCCCCCCCCCCC(=O)NCCOP(=O)(O)OCC(O)COC(=O)CCC. The van der Waals surface area contributed by atoms with Crippen LogP contribution in [0, 0.1) is 0 Å². The van der Waals surface area contributed by atoms with Crippen molar-refractivity contribution in [3.05, 3.63) is 12.2 Å². The van der Waals surface area contributed by atoms with Crippen LogP contribution in [0.5, 0.6) is 0 Å². The van der Waals surface area contributed by atoms with E-state index in [0.717, 1.165) is 19.3 Å². The number of phosphoric acid groups is 1. The van der Waals surface area contributed by atoms with Crippen LogP contribution in [0.1, 0.15) is 142 Å². The molecule has 1 amide bonds. The highest BCUT2D eigenvalue weighted by atomic mass is 31.2. The van der Waals surface area contributed by atoms with Gasteiger partial charge in [-0.2, -0.15) is 0 Å². The van der Waals surface area contributed by atoms with Gasteiger partial charge in [0, 0.05) is 19.4 Å². The van der Waals surface area contributed by atoms with E-state index in [2.05, 4.69) is 24.4 Å². The number of unbranched alkanes of at least 4 members (excludes halogenated alkanes) is 15. The third-order valence-corrected chi connectivity index (χ3v) is 7.65. The smallest absolute Gasteiger partial charge is 0.463 e. The number of allylic oxidation sites excluding steroid dienone is 2. The molecule has 0 saturated carbocycles. The molecule has 0 aromatic carbocycles. The Balaban J connectivity index is 3.50. The van der Waals surface area contributed by atoms with Crippen molar-refractivity contribution in [2.75, 3.05) is 26.4 Å². The molecular weight excluding hydrogens is 545 g/mol. The van der Waals surface area contributed by atoms with Crippen LogP contribution in [0.15, 0.2) is 12.2 Å². The van der Waals surface area contributed by atoms with Gasteiger partial charge in [-0.05, 0) is 38.5 Å². The van der Waals surface area contributed by atoms with Crippen LogP contribution in [0.3, 0.4) is 0 Å². The lowest BCUT2D eigenvalue weighted by atomic mass is 10.1. The van der Waals surface area contributed by atoms with Crippen molar-refractivity contribution < 1.29 is 37.9 Å². The van der Waals surface area contributed by atoms with Gasteiger partial charge in [0.25, 0.3) is 0 Å². The van der Waals surface area contributed by atoms with Crippen molar-refractivity contribution in [3.8, 4) is 0 Å². The number of hydrogen-bond donors (Lipinski definition) is 3. The van der Waals surface area contributed by atoms with E-state index in [-0.39, 0.29) is 32.1 Å². The molecule has 0 spiro atoms. The summed E-state index contributed by atoms with van der Waals surface area (Å²) in [7, 11) is -4.38. The summed E-state index contributed by atoms with van der Waals surface area (Å²) in [6, 6.07) is 0. The number of nitrogens with one attached hydrogen (secondary N) is 1. The second-order valence-corrected chi connectivity index (χ2v) is 12.2. The second kappa shape index (κ2) is 28.9. The highest BCUT2D eigenvalue weighted by Gasteiger charge is 2.23. The van der Waals surface area contributed by atoms with E-state index in [1.54, 1.807) is 0 Å². The van der Waals surface area contributed by atoms with E-state index in [0.29, 0.717) is 12.8 Å². The number of aliphatic hydroxyl groups is 1. The molecule has 0 heterocycles. The van der Waals surface area contributed by atoms with E-state index >= 15 is 0 Å². The van der Waals surface area contributed by atoms with Gasteiger partial charge in [-0.15, -0.1) is 0 Å². The number of carbonyl (C=O) groups is 2. The van der Waals surface area contributed by atoms with Gasteiger partial charge in [-0.25, -0.2) is 4.57 Å². The Hall–Kier alpha value is -1.25. The Labute approximate surface area is 249 Å². The fourth-order valence-corrected chi connectivity index (χ4v) is 4.99. The van der Waals surface area contributed by atoms with E-state index in [1.165, 1.54) is 89.9 Å². The normalized spacial score (nSPS) is 13.8. The van der Waals surface area contributed by atoms with Crippen molar-refractivity contribution in [1.29, 1.82) is 0 Å². The lowest BCUT2D eigenvalue weighted by molar-refractivity contribution is -0.147. The minimum atomic E-state index is -4.38. The molecule has 0 aromatic rings. The number of esters is 1. The van der Waals surface area contributed by atoms with Crippen LogP contribution in [0.4, 0.5) is 0 Å². The van der Waals surface area contributed by atoms with Crippen LogP contribution >= 0.6 is 7.82 Å². The highest BCUT2D eigenvalue weighted by Crippen LogP contribution is 2.42. The van der Waals surface area contributed by atoms with E-state index in [4.69, 9.17) is 13.8 Å².